The van der Waals surface area contributed by atoms with Crippen LogP contribution in [0.2, 0.25) is 0 Å². The van der Waals surface area contributed by atoms with E-state index in [-0.39, 0.29) is 70.7 Å². The maximum absolute atomic E-state index is 16.6. The van der Waals surface area contributed by atoms with Gasteiger partial charge in [0.1, 0.15) is 0 Å². The fourth-order valence-electron chi connectivity index (χ4n) is 5.99. The number of hydrogen-bond acceptors (Lipinski definition) is 2. The van der Waals surface area contributed by atoms with Crippen LogP contribution in [0.5, 0.6) is 0 Å². The fourth-order valence-corrected chi connectivity index (χ4v) is 5.99. The van der Waals surface area contributed by atoms with Crippen molar-refractivity contribution in [3.05, 3.63) is 130 Å². The Bertz CT molecular complexity index is 1940. The predicted octanol–water partition coefficient (Wildman–Crippen LogP) is 11.9. The average Bonchev–Trinajstić information content (AvgIpc) is 3.10. The molecule has 0 amide bonds. The Balaban J connectivity index is 2.08. The smallest absolute Gasteiger partial charge is 0.399 e. The number of alkyl halides is 20. The largest absolute Gasteiger partial charge is 0.460 e. The summed E-state index contributed by atoms with van der Waals surface area (Å²) in [6.45, 7) is 0. The van der Waals surface area contributed by atoms with Gasteiger partial charge in [-0.15, -0.1) is 0 Å². The Labute approximate surface area is 313 Å². The summed E-state index contributed by atoms with van der Waals surface area (Å²) < 4.78 is 293. The van der Waals surface area contributed by atoms with Gasteiger partial charge in [0.25, 0.3) is 0 Å². The molecular formula is C36H24F20N2. The number of nitrogen functional groups attached to an aromatic ring is 2. The lowest BCUT2D eigenvalue weighted by atomic mass is 9.62. The molecule has 0 aliphatic carbocycles. The molecule has 0 saturated carbocycles. The van der Waals surface area contributed by atoms with E-state index in [2.05, 4.69) is 0 Å². The van der Waals surface area contributed by atoms with Crippen LogP contribution in [-0.4, -0.2) is 53.8 Å². The molecule has 0 aliphatic rings. The van der Waals surface area contributed by atoms with Crippen molar-refractivity contribution >= 4 is 11.4 Å². The number of halogens is 20. The van der Waals surface area contributed by atoms with Crippen molar-refractivity contribution in [1.29, 1.82) is 0 Å². The van der Waals surface area contributed by atoms with E-state index >= 15 is 35.1 Å². The van der Waals surface area contributed by atoms with Crippen LogP contribution in [0.25, 0.3) is 0 Å². The molecule has 0 bridgehead atoms. The molecule has 0 aliphatic heterocycles. The van der Waals surface area contributed by atoms with Gasteiger partial charge in [-0.25, -0.2) is 0 Å². The summed E-state index contributed by atoms with van der Waals surface area (Å²) in [7, 11) is 0. The monoisotopic (exact) mass is 864 g/mol. The van der Waals surface area contributed by atoms with E-state index in [0.717, 1.165) is 0 Å². The van der Waals surface area contributed by atoms with Gasteiger partial charge in [0, 0.05) is 11.4 Å². The van der Waals surface area contributed by atoms with Crippen LogP contribution < -0.4 is 11.5 Å². The van der Waals surface area contributed by atoms with Gasteiger partial charge in [0.2, 0.25) is 0 Å². The second kappa shape index (κ2) is 14.4. The van der Waals surface area contributed by atoms with Crippen molar-refractivity contribution in [3.63, 3.8) is 0 Å². The lowest BCUT2D eigenvalue weighted by molar-refractivity contribution is -0.460. The summed E-state index contributed by atoms with van der Waals surface area (Å²) in [5.74, 6) is -59.7. The third-order valence-corrected chi connectivity index (χ3v) is 9.18. The molecular weight excluding hydrogens is 840 g/mol. The maximum atomic E-state index is 16.6. The van der Waals surface area contributed by atoms with Crippen LogP contribution in [-0.2, 0) is 18.3 Å². The second-order valence-corrected chi connectivity index (χ2v) is 13.0. The van der Waals surface area contributed by atoms with Gasteiger partial charge in [-0.2, -0.15) is 87.8 Å². The maximum Gasteiger partial charge on any atom is 0.460 e. The topological polar surface area (TPSA) is 52.0 Å². The summed E-state index contributed by atoms with van der Waals surface area (Å²) in [6, 6.07) is 11.6. The summed E-state index contributed by atoms with van der Waals surface area (Å²) in [5, 5.41) is 0. The third kappa shape index (κ3) is 6.92. The van der Waals surface area contributed by atoms with Crippen LogP contribution in [0.4, 0.5) is 99.2 Å². The summed E-state index contributed by atoms with van der Waals surface area (Å²) in [4.78, 5) is 0. The first-order chi connectivity index (χ1) is 26.1. The van der Waals surface area contributed by atoms with Crippen LogP contribution in [0, 0.1) is 0 Å². The molecule has 0 atom stereocenters. The molecule has 0 radical (unpaired) electrons. The van der Waals surface area contributed by atoms with Gasteiger partial charge < -0.3 is 11.5 Å². The van der Waals surface area contributed by atoms with Crippen molar-refractivity contribution in [1.82, 2.24) is 0 Å². The highest BCUT2D eigenvalue weighted by atomic mass is 19.4. The van der Waals surface area contributed by atoms with E-state index < -0.39 is 70.4 Å². The van der Waals surface area contributed by atoms with E-state index in [4.69, 9.17) is 11.5 Å². The number of anilines is 2. The molecule has 0 unspecified atom stereocenters. The van der Waals surface area contributed by atoms with Crippen molar-refractivity contribution in [2.45, 2.75) is 72.1 Å². The Kier molecular flexibility index (Phi) is 11.4. The first-order valence-electron chi connectivity index (χ1n) is 15.8. The Morgan fingerprint density at radius 1 is 0.276 bits per heavy atom. The van der Waals surface area contributed by atoms with Gasteiger partial charge in [0.15, 0.2) is 5.41 Å². The average molecular weight is 865 g/mol. The molecule has 4 rings (SSSR count). The first kappa shape index (κ1) is 45.8. The van der Waals surface area contributed by atoms with Crippen molar-refractivity contribution in [3.8, 4) is 0 Å². The van der Waals surface area contributed by atoms with Crippen molar-refractivity contribution in [2.24, 2.45) is 0 Å². The second-order valence-electron chi connectivity index (χ2n) is 13.0. The third-order valence-electron chi connectivity index (χ3n) is 9.18. The van der Waals surface area contributed by atoms with Crippen LogP contribution in [0.3, 0.4) is 0 Å². The van der Waals surface area contributed by atoms with Crippen LogP contribution in [0.1, 0.15) is 33.4 Å². The molecule has 4 aromatic rings. The SMILES string of the molecule is Nc1ccc(Cc2ccc(C(c3ccc(Cc4ccc(N)cc4)cc3)(C(F)(F)C(F)(F)F)C(F)(F)C(F)(F)C(F)(F)C(F)(F)C(F)(F)C(F)(F)C(F)(F)F)cc2)cc1. The highest BCUT2D eigenvalue weighted by molar-refractivity contribution is 5.51. The molecule has 0 spiro atoms. The standard InChI is InChI=1S/C36H24F20N2/c37-28(38,30(41,42)31(43,44)32(45,46)33(47,48)34(49,50)36(54,55)56)27(29(39,40)35(51,52)53,23-9-1-19(2-10-23)17-21-5-13-25(57)14-6-21)24-11-3-20(4-12-24)18-22-7-15-26(58)16-8-22/h1-16H,17-18,57-58H2. The number of benzene rings is 4. The molecule has 0 fully saturated rings. The van der Waals surface area contributed by atoms with Gasteiger partial charge in [-0.1, -0.05) is 72.8 Å². The highest BCUT2D eigenvalue weighted by Crippen LogP contribution is 2.69. The van der Waals surface area contributed by atoms with E-state index in [1.165, 1.54) is 48.5 Å². The fraction of sp³-hybridized carbons (Fsp3) is 0.333. The lowest BCUT2D eigenvalue weighted by Gasteiger charge is -2.50. The van der Waals surface area contributed by atoms with Gasteiger partial charge in [-0.05, 0) is 70.5 Å². The van der Waals surface area contributed by atoms with Crippen molar-refractivity contribution < 1.29 is 87.8 Å². The van der Waals surface area contributed by atoms with Gasteiger partial charge in [-0.3, -0.25) is 0 Å². The summed E-state index contributed by atoms with van der Waals surface area (Å²) >= 11 is 0. The minimum absolute atomic E-state index is 0.165. The summed E-state index contributed by atoms with van der Waals surface area (Å²) in [5.41, 5.74) is 0.333. The zero-order valence-electron chi connectivity index (χ0n) is 28.4. The molecule has 22 heteroatoms. The zero-order valence-corrected chi connectivity index (χ0v) is 28.4. The number of hydrogen-bond donors (Lipinski definition) is 2. The van der Waals surface area contributed by atoms with E-state index in [1.807, 2.05) is 0 Å². The van der Waals surface area contributed by atoms with Crippen LogP contribution in [0.15, 0.2) is 97.1 Å². The number of rotatable bonds is 13. The van der Waals surface area contributed by atoms with Gasteiger partial charge in [0.05, 0.1) is 0 Å². The number of nitrogens with two attached hydrogens (primary N) is 2. The van der Waals surface area contributed by atoms with E-state index in [1.54, 1.807) is 0 Å². The Hall–Kier alpha value is -4.92. The predicted molar refractivity (Wildman–Crippen MR) is 168 cm³/mol. The molecule has 4 aromatic carbocycles. The van der Waals surface area contributed by atoms with Gasteiger partial charge >= 0.3 is 53.8 Å². The van der Waals surface area contributed by atoms with E-state index in [9.17, 15) is 52.7 Å². The Morgan fingerprint density at radius 3 is 0.759 bits per heavy atom. The highest BCUT2D eigenvalue weighted by Gasteiger charge is 2.97. The molecule has 2 nitrogen and oxygen atoms in total. The zero-order chi connectivity index (χ0) is 44.3. The van der Waals surface area contributed by atoms with Crippen molar-refractivity contribution in [2.75, 3.05) is 11.5 Å². The Morgan fingerprint density at radius 2 is 0.500 bits per heavy atom. The minimum Gasteiger partial charge on any atom is -0.399 e. The normalized spacial score (nSPS) is 14.5. The van der Waals surface area contributed by atoms with Crippen LogP contribution >= 0.6 is 0 Å². The molecule has 0 aromatic heterocycles. The molecule has 0 saturated heterocycles. The lowest BCUT2D eigenvalue weighted by Crippen LogP contribution is -2.77. The quantitative estimate of drug-likeness (QED) is 0.104. The molecule has 58 heavy (non-hydrogen) atoms. The molecule has 0 heterocycles. The summed E-state index contributed by atoms with van der Waals surface area (Å²) in [6.07, 6.45) is -16.2. The minimum atomic E-state index is -8.99. The first-order valence-corrected chi connectivity index (χ1v) is 15.8. The molecule has 4 N–H and O–H groups in total. The molecule has 318 valence electrons. The van der Waals surface area contributed by atoms with E-state index in [0.29, 0.717) is 24.3 Å².